The van der Waals surface area contributed by atoms with Crippen LogP contribution in [0.1, 0.15) is 18.1 Å². The van der Waals surface area contributed by atoms with E-state index < -0.39 is 6.10 Å². The minimum atomic E-state index is -0.417. The number of nitriles is 1. The van der Waals surface area contributed by atoms with Gasteiger partial charge in [0.15, 0.2) is 0 Å². The molecule has 14 heavy (non-hydrogen) atoms. The number of hydrogen-bond acceptors (Lipinski definition) is 4. The van der Waals surface area contributed by atoms with Crippen molar-refractivity contribution in [3.8, 4) is 6.07 Å². The summed E-state index contributed by atoms with van der Waals surface area (Å²) in [5, 5.41) is 20.9. The molecule has 0 bridgehead atoms. The van der Waals surface area contributed by atoms with Gasteiger partial charge in [0.2, 0.25) is 0 Å². The maximum absolute atomic E-state index is 9.08. The van der Waals surface area contributed by atoms with Gasteiger partial charge in [-0.25, -0.2) is 0 Å². The second-order valence-electron chi connectivity index (χ2n) is 3.20. The first-order valence-corrected chi connectivity index (χ1v) is 4.41. The van der Waals surface area contributed by atoms with E-state index >= 15 is 0 Å². The molecule has 0 aliphatic rings. The maximum atomic E-state index is 9.08. The predicted octanol–water partition coefficient (Wildman–Crippen LogP) is 1.05. The van der Waals surface area contributed by atoms with Gasteiger partial charge >= 0.3 is 0 Å². The number of nitrogens with zero attached hydrogens (tertiary/aromatic N) is 2. The van der Waals surface area contributed by atoms with Crippen LogP contribution in [-0.2, 0) is 0 Å². The first kappa shape index (κ1) is 10.5. The van der Waals surface area contributed by atoms with Crippen molar-refractivity contribution in [3.63, 3.8) is 0 Å². The zero-order chi connectivity index (χ0) is 10.6. The Balaban J connectivity index is 2.83. The third kappa shape index (κ3) is 2.44. The van der Waals surface area contributed by atoms with Gasteiger partial charge in [-0.05, 0) is 19.4 Å². The Kier molecular flexibility index (Phi) is 3.43. The molecule has 0 aliphatic heterocycles. The van der Waals surface area contributed by atoms with E-state index in [0.29, 0.717) is 12.1 Å². The summed E-state index contributed by atoms with van der Waals surface area (Å²) >= 11 is 0. The molecule has 2 N–H and O–H groups in total. The molecule has 0 fully saturated rings. The molecule has 1 atom stereocenters. The molecule has 0 spiro atoms. The molecule has 0 amide bonds. The molecule has 0 aromatic carbocycles. The van der Waals surface area contributed by atoms with Gasteiger partial charge in [0.05, 0.1) is 23.6 Å². The van der Waals surface area contributed by atoms with Crippen LogP contribution in [0.2, 0.25) is 0 Å². The molecule has 1 aromatic heterocycles. The number of rotatable bonds is 3. The highest BCUT2D eigenvalue weighted by Crippen LogP contribution is 2.15. The Labute approximate surface area is 83.2 Å². The molecule has 74 valence electrons. The third-order valence-electron chi connectivity index (χ3n) is 1.92. The summed E-state index contributed by atoms with van der Waals surface area (Å²) in [5.41, 5.74) is 2.22. The number of nitrogens with one attached hydrogen (secondary N) is 1. The number of pyridine rings is 1. The highest BCUT2D eigenvalue weighted by Gasteiger charge is 2.04. The fraction of sp³-hybridized carbons (Fsp3) is 0.400. The van der Waals surface area contributed by atoms with E-state index in [1.165, 1.54) is 6.20 Å². The van der Waals surface area contributed by atoms with Crippen molar-refractivity contribution in [2.24, 2.45) is 0 Å². The summed E-state index contributed by atoms with van der Waals surface area (Å²) < 4.78 is 0. The van der Waals surface area contributed by atoms with Crippen molar-refractivity contribution < 1.29 is 5.11 Å². The lowest BCUT2D eigenvalue weighted by Gasteiger charge is -2.10. The summed E-state index contributed by atoms with van der Waals surface area (Å²) in [4.78, 5) is 3.93. The lowest BCUT2D eigenvalue weighted by molar-refractivity contribution is 0.208. The van der Waals surface area contributed by atoms with Crippen LogP contribution in [-0.4, -0.2) is 22.7 Å². The first-order valence-electron chi connectivity index (χ1n) is 4.41. The lowest BCUT2D eigenvalue weighted by Crippen LogP contribution is -2.16. The Morgan fingerprint density at radius 1 is 1.64 bits per heavy atom. The largest absolute Gasteiger partial charge is 0.392 e. The summed E-state index contributed by atoms with van der Waals surface area (Å²) in [5.74, 6) is 0. The van der Waals surface area contributed by atoms with Crippen LogP contribution >= 0.6 is 0 Å². The maximum Gasteiger partial charge on any atom is 0.101 e. The van der Waals surface area contributed by atoms with Crippen LogP contribution in [0.25, 0.3) is 0 Å². The number of hydrogen-bond donors (Lipinski definition) is 2. The molecule has 0 saturated heterocycles. The second kappa shape index (κ2) is 4.58. The third-order valence-corrected chi connectivity index (χ3v) is 1.92. The molecule has 4 heteroatoms. The molecule has 0 radical (unpaired) electrons. The van der Waals surface area contributed by atoms with Crippen molar-refractivity contribution in [2.45, 2.75) is 20.0 Å². The van der Waals surface area contributed by atoms with Crippen LogP contribution in [0.15, 0.2) is 12.4 Å². The topological polar surface area (TPSA) is 68.9 Å². The molecule has 1 rings (SSSR count). The predicted molar refractivity (Wildman–Crippen MR) is 53.9 cm³/mol. The zero-order valence-electron chi connectivity index (χ0n) is 8.28. The van der Waals surface area contributed by atoms with E-state index in [1.54, 1.807) is 13.1 Å². The van der Waals surface area contributed by atoms with Crippen LogP contribution in [0.3, 0.4) is 0 Å². The summed E-state index contributed by atoms with van der Waals surface area (Å²) in [6.45, 7) is 4.01. The zero-order valence-corrected chi connectivity index (χ0v) is 8.28. The summed E-state index contributed by atoms with van der Waals surface area (Å²) in [7, 11) is 0. The van der Waals surface area contributed by atoms with Gasteiger partial charge in [0.1, 0.15) is 6.07 Å². The van der Waals surface area contributed by atoms with Gasteiger partial charge < -0.3 is 10.4 Å². The van der Waals surface area contributed by atoms with Gasteiger partial charge in [0, 0.05) is 12.7 Å². The standard InChI is InChI=1S/C10H13N3O/c1-7(14)4-13-10-6-12-5-9(3-11)8(10)2/h5-7,13-14H,4H2,1-2H3/t7-/m0/s1. The Hall–Kier alpha value is -1.60. The highest BCUT2D eigenvalue weighted by molar-refractivity contribution is 5.55. The van der Waals surface area contributed by atoms with Crippen LogP contribution in [0.4, 0.5) is 5.69 Å². The Bertz CT molecular complexity index is 355. The van der Waals surface area contributed by atoms with Gasteiger partial charge in [0.25, 0.3) is 0 Å². The Morgan fingerprint density at radius 3 is 2.93 bits per heavy atom. The van der Waals surface area contributed by atoms with Gasteiger partial charge in [-0.15, -0.1) is 0 Å². The van der Waals surface area contributed by atoms with Crippen molar-refractivity contribution in [1.29, 1.82) is 5.26 Å². The fourth-order valence-electron chi connectivity index (χ4n) is 1.07. The smallest absolute Gasteiger partial charge is 0.101 e. The molecule has 1 heterocycles. The van der Waals surface area contributed by atoms with E-state index in [0.717, 1.165) is 11.3 Å². The minimum absolute atomic E-state index is 0.417. The van der Waals surface area contributed by atoms with Gasteiger partial charge in [-0.3, -0.25) is 4.98 Å². The second-order valence-corrected chi connectivity index (χ2v) is 3.20. The SMILES string of the molecule is Cc1c(C#N)cncc1NC[C@H](C)O. The normalized spacial score (nSPS) is 11.9. The molecular formula is C10H13N3O. The van der Waals surface area contributed by atoms with Gasteiger partial charge in [-0.2, -0.15) is 5.26 Å². The van der Waals surface area contributed by atoms with E-state index in [-0.39, 0.29) is 0 Å². The van der Waals surface area contributed by atoms with E-state index in [4.69, 9.17) is 10.4 Å². The quantitative estimate of drug-likeness (QED) is 0.749. The number of aliphatic hydroxyl groups excluding tert-OH is 1. The molecule has 1 aromatic rings. The monoisotopic (exact) mass is 191 g/mol. The fourth-order valence-corrected chi connectivity index (χ4v) is 1.07. The Morgan fingerprint density at radius 2 is 2.36 bits per heavy atom. The number of anilines is 1. The molecule has 0 aliphatic carbocycles. The molecule has 0 saturated carbocycles. The van der Waals surface area contributed by atoms with Crippen LogP contribution in [0.5, 0.6) is 0 Å². The number of aliphatic hydroxyl groups is 1. The molecule has 4 nitrogen and oxygen atoms in total. The summed E-state index contributed by atoms with van der Waals surface area (Å²) in [6, 6.07) is 2.06. The van der Waals surface area contributed by atoms with E-state index in [2.05, 4.69) is 16.4 Å². The number of aromatic nitrogens is 1. The van der Waals surface area contributed by atoms with E-state index in [9.17, 15) is 0 Å². The average molecular weight is 191 g/mol. The highest BCUT2D eigenvalue weighted by atomic mass is 16.3. The first-order chi connectivity index (χ1) is 6.65. The minimum Gasteiger partial charge on any atom is -0.392 e. The van der Waals surface area contributed by atoms with Crippen molar-refractivity contribution in [1.82, 2.24) is 4.98 Å². The average Bonchev–Trinajstić information content (AvgIpc) is 2.16. The van der Waals surface area contributed by atoms with Crippen molar-refractivity contribution >= 4 is 5.69 Å². The van der Waals surface area contributed by atoms with E-state index in [1.807, 2.05) is 6.92 Å². The van der Waals surface area contributed by atoms with Crippen molar-refractivity contribution in [3.05, 3.63) is 23.5 Å². The lowest BCUT2D eigenvalue weighted by atomic mass is 10.1. The van der Waals surface area contributed by atoms with Crippen molar-refractivity contribution in [2.75, 3.05) is 11.9 Å². The molecular weight excluding hydrogens is 178 g/mol. The summed E-state index contributed by atoms with van der Waals surface area (Å²) in [6.07, 6.45) is 2.77. The molecule has 0 unspecified atom stereocenters. The van der Waals surface area contributed by atoms with Crippen LogP contribution < -0.4 is 5.32 Å². The van der Waals surface area contributed by atoms with Crippen LogP contribution in [0, 0.1) is 18.3 Å². The van der Waals surface area contributed by atoms with Gasteiger partial charge in [-0.1, -0.05) is 0 Å².